The highest BCUT2D eigenvalue weighted by Crippen LogP contribution is 2.26. The second-order valence-corrected chi connectivity index (χ2v) is 8.33. The van der Waals surface area contributed by atoms with Crippen molar-refractivity contribution in [1.29, 1.82) is 0 Å². The molecule has 2 rings (SSSR count). The molecule has 0 bridgehead atoms. The van der Waals surface area contributed by atoms with E-state index in [4.69, 9.17) is 4.84 Å². The highest BCUT2D eigenvalue weighted by atomic mass is 32.1. The largest absolute Gasteiger partial charge is 0.385 e. The Morgan fingerprint density at radius 3 is 2.58 bits per heavy atom. The average Bonchev–Trinajstić information content (AvgIpc) is 2.96. The molecular formula is C17H26N4O2S. The molecule has 1 aliphatic heterocycles. The molecule has 132 valence electrons. The van der Waals surface area contributed by atoms with Crippen molar-refractivity contribution < 1.29 is 9.63 Å². The van der Waals surface area contributed by atoms with Gasteiger partial charge in [0.1, 0.15) is 0 Å². The number of nitrogens with zero attached hydrogens (tertiary/aromatic N) is 2. The Labute approximate surface area is 147 Å². The van der Waals surface area contributed by atoms with Crippen LogP contribution >= 0.6 is 11.3 Å². The summed E-state index contributed by atoms with van der Waals surface area (Å²) in [6.07, 6.45) is 1.60. The first-order valence-corrected chi connectivity index (χ1v) is 8.89. The van der Waals surface area contributed by atoms with Crippen molar-refractivity contribution >= 4 is 28.7 Å². The van der Waals surface area contributed by atoms with Gasteiger partial charge in [-0.2, -0.15) is 5.10 Å². The molecule has 0 aliphatic carbocycles. The Hall–Kier alpha value is -1.73. The third-order valence-electron chi connectivity index (χ3n) is 3.58. The number of carbonyl (C=O) groups is 1. The molecule has 1 aromatic heterocycles. The second-order valence-electron chi connectivity index (χ2n) is 7.39. The van der Waals surface area contributed by atoms with Crippen molar-refractivity contribution in [2.24, 2.45) is 10.3 Å². The molecule has 1 aromatic rings. The molecule has 1 amide bonds. The highest BCUT2D eigenvalue weighted by molar-refractivity contribution is 7.12. The lowest BCUT2D eigenvalue weighted by atomic mass is 9.81. The summed E-state index contributed by atoms with van der Waals surface area (Å²) in [5.74, 6) is -0.306. The maximum absolute atomic E-state index is 11.9. The van der Waals surface area contributed by atoms with Crippen LogP contribution in [-0.4, -0.2) is 35.0 Å². The van der Waals surface area contributed by atoms with Gasteiger partial charge in [-0.05, 0) is 46.1 Å². The number of nitrogens with one attached hydrogen (secondary N) is 2. The monoisotopic (exact) mass is 350 g/mol. The second kappa shape index (κ2) is 7.44. The van der Waals surface area contributed by atoms with E-state index < -0.39 is 0 Å². The lowest BCUT2D eigenvalue weighted by molar-refractivity contribution is -0.125. The molecule has 1 saturated heterocycles. The third kappa shape index (κ3) is 5.72. The highest BCUT2D eigenvalue weighted by Gasteiger charge is 2.35. The van der Waals surface area contributed by atoms with Gasteiger partial charge in [0, 0.05) is 29.6 Å². The summed E-state index contributed by atoms with van der Waals surface area (Å²) >= 11 is 1.58. The molecule has 0 saturated carbocycles. The Morgan fingerprint density at radius 2 is 2.00 bits per heavy atom. The van der Waals surface area contributed by atoms with Gasteiger partial charge in [-0.25, -0.2) is 5.43 Å². The Kier molecular flexibility index (Phi) is 5.77. The van der Waals surface area contributed by atoms with E-state index >= 15 is 0 Å². The van der Waals surface area contributed by atoms with Crippen molar-refractivity contribution in [2.75, 3.05) is 6.61 Å². The van der Waals surface area contributed by atoms with E-state index in [0.29, 0.717) is 0 Å². The normalized spacial score (nSPS) is 19.7. The van der Waals surface area contributed by atoms with Crippen LogP contribution in [0.25, 0.3) is 0 Å². The zero-order chi connectivity index (χ0) is 17.8. The van der Waals surface area contributed by atoms with Crippen molar-refractivity contribution in [3.05, 3.63) is 22.4 Å². The van der Waals surface area contributed by atoms with E-state index in [1.54, 1.807) is 11.3 Å². The van der Waals surface area contributed by atoms with Gasteiger partial charge in [-0.15, -0.1) is 11.3 Å². The Balaban J connectivity index is 1.83. The standard InChI is InChI=1S/C17H26N4O2S/c1-12(14-7-6-8-24-14)20-23-11-15(22)19-18-13-9-16(2,3)21-17(4,5)10-13/h6-8,21H,9-11H2,1-5H3,(H,19,22). The van der Waals surface area contributed by atoms with Gasteiger partial charge in [0.15, 0.2) is 6.61 Å². The molecule has 0 atom stereocenters. The van der Waals surface area contributed by atoms with Crippen LogP contribution in [-0.2, 0) is 9.63 Å². The predicted molar refractivity (Wildman–Crippen MR) is 98.6 cm³/mol. The first-order chi connectivity index (χ1) is 11.2. The summed E-state index contributed by atoms with van der Waals surface area (Å²) in [6.45, 7) is 10.2. The summed E-state index contributed by atoms with van der Waals surface area (Å²) in [4.78, 5) is 18.0. The summed E-state index contributed by atoms with van der Waals surface area (Å²) in [5, 5.41) is 13.8. The molecule has 0 unspecified atom stereocenters. The first-order valence-electron chi connectivity index (χ1n) is 8.01. The van der Waals surface area contributed by atoms with Gasteiger partial charge < -0.3 is 10.2 Å². The van der Waals surface area contributed by atoms with Crippen LogP contribution in [0.4, 0.5) is 0 Å². The summed E-state index contributed by atoms with van der Waals surface area (Å²) < 4.78 is 0. The fourth-order valence-electron chi connectivity index (χ4n) is 3.06. The van der Waals surface area contributed by atoms with E-state index in [9.17, 15) is 4.79 Å². The van der Waals surface area contributed by atoms with Gasteiger partial charge >= 0.3 is 0 Å². The topological polar surface area (TPSA) is 75.1 Å². The van der Waals surface area contributed by atoms with Crippen molar-refractivity contribution in [1.82, 2.24) is 10.7 Å². The van der Waals surface area contributed by atoms with E-state index in [-0.39, 0.29) is 23.6 Å². The van der Waals surface area contributed by atoms with Gasteiger partial charge in [0.05, 0.1) is 10.6 Å². The van der Waals surface area contributed by atoms with Crippen LogP contribution in [0.3, 0.4) is 0 Å². The number of hydrogen-bond donors (Lipinski definition) is 2. The molecule has 6 nitrogen and oxygen atoms in total. The van der Waals surface area contributed by atoms with Gasteiger partial charge in [0.25, 0.3) is 5.91 Å². The number of oxime groups is 1. The van der Waals surface area contributed by atoms with Crippen molar-refractivity contribution in [2.45, 2.75) is 58.5 Å². The zero-order valence-corrected chi connectivity index (χ0v) is 15.8. The number of piperidine rings is 1. The number of carbonyl (C=O) groups excluding carboxylic acids is 1. The molecule has 2 heterocycles. The van der Waals surface area contributed by atoms with Gasteiger partial charge in [-0.1, -0.05) is 11.2 Å². The Morgan fingerprint density at radius 1 is 1.33 bits per heavy atom. The maximum Gasteiger partial charge on any atom is 0.280 e. The summed E-state index contributed by atoms with van der Waals surface area (Å²) in [7, 11) is 0. The fraction of sp³-hybridized carbons (Fsp3) is 0.588. The zero-order valence-electron chi connectivity index (χ0n) is 15.0. The molecular weight excluding hydrogens is 324 g/mol. The number of hydrazone groups is 1. The van der Waals surface area contributed by atoms with Crippen LogP contribution in [0.1, 0.15) is 52.3 Å². The van der Waals surface area contributed by atoms with Crippen molar-refractivity contribution in [3.8, 4) is 0 Å². The molecule has 7 heteroatoms. The van der Waals surface area contributed by atoms with Crippen LogP contribution in [0.5, 0.6) is 0 Å². The molecule has 24 heavy (non-hydrogen) atoms. The van der Waals surface area contributed by atoms with Gasteiger partial charge in [0.2, 0.25) is 0 Å². The smallest absolute Gasteiger partial charge is 0.280 e. The number of rotatable bonds is 5. The average molecular weight is 350 g/mol. The number of amides is 1. The van der Waals surface area contributed by atoms with Gasteiger partial charge in [-0.3, -0.25) is 4.79 Å². The Bertz CT molecular complexity index is 615. The third-order valence-corrected chi connectivity index (χ3v) is 4.56. The molecule has 1 aliphatic rings. The van der Waals surface area contributed by atoms with E-state index in [2.05, 4.69) is 48.7 Å². The fourth-order valence-corrected chi connectivity index (χ4v) is 3.73. The number of hydrogen-bond acceptors (Lipinski definition) is 6. The predicted octanol–water partition coefficient (Wildman–Crippen LogP) is 2.90. The van der Waals surface area contributed by atoms with Crippen LogP contribution in [0, 0.1) is 0 Å². The summed E-state index contributed by atoms with van der Waals surface area (Å²) in [5.41, 5.74) is 4.23. The van der Waals surface area contributed by atoms with E-state index in [0.717, 1.165) is 29.1 Å². The summed E-state index contributed by atoms with van der Waals surface area (Å²) in [6, 6.07) is 3.91. The SMILES string of the molecule is CC(=NOCC(=O)NN=C1CC(C)(C)NC(C)(C)C1)c1cccs1. The first kappa shape index (κ1) is 18.6. The quantitative estimate of drug-likeness (QED) is 0.633. The minimum absolute atomic E-state index is 0.0378. The lowest BCUT2D eigenvalue weighted by Crippen LogP contribution is -2.58. The minimum atomic E-state index is -0.306. The number of thiophene rings is 1. The molecule has 0 spiro atoms. The van der Waals surface area contributed by atoms with Crippen LogP contribution < -0.4 is 10.7 Å². The maximum atomic E-state index is 11.9. The van der Waals surface area contributed by atoms with Crippen molar-refractivity contribution in [3.63, 3.8) is 0 Å². The van der Waals surface area contributed by atoms with Crippen LogP contribution in [0.15, 0.2) is 27.8 Å². The minimum Gasteiger partial charge on any atom is -0.385 e. The lowest BCUT2D eigenvalue weighted by Gasteiger charge is -2.43. The van der Waals surface area contributed by atoms with E-state index in [1.165, 1.54) is 0 Å². The van der Waals surface area contributed by atoms with Crippen LogP contribution in [0.2, 0.25) is 0 Å². The molecule has 0 aromatic carbocycles. The molecule has 0 radical (unpaired) electrons. The molecule has 2 N–H and O–H groups in total. The van der Waals surface area contributed by atoms with E-state index in [1.807, 2.05) is 24.4 Å². The molecule has 1 fully saturated rings.